The fourth-order valence-corrected chi connectivity index (χ4v) is 2.34. The lowest BCUT2D eigenvalue weighted by molar-refractivity contribution is -0.131. The molecule has 1 N–H and O–H groups in total. The van der Waals surface area contributed by atoms with Gasteiger partial charge in [-0.15, -0.1) is 0 Å². The highest BCUT2D eigenvalue weighted by Gasteiger charge is 2.17. The van der Waals surface area contributed by atoms with E-state index in [1.165, 1.54) is 0 Å². The minimum atomic E-state index is 0.286. The molecule has 1 amide bonds. The number of carbonyl (C=O) groups is 1. The molecule has 5 nitrogen and oxygen atoms in total. The first-order valence-corrected chi connectivity index (χ1v) is 6.65. The number of rotatable bonds is 3. The van der Waals surface area contributed by atoms with E-state index < -0.39 is 0 Å². The van der Waals surface area contributed by atoms with E-state index in [-0.39, 0.29) is 5.91 Å². The molecule has 0 bridgehead atoms. The van der Waals surface area contributed by atoms with Crippen LogP contribution < -0.4 is 5.32 Å². The van der Waals surface area contributed by atoms with E-state index in [1.54, 1.807) is 0 Å². The number of hydrogen-bond donors (Lipinski definition) is 1. The standard InChI is InChI=1S/C12H23N3O2/c16-12(15-5-1-10-17-11-9-15)2-6-14-7-3-13-4-8-14/h13H,1-11H2. The van der Waals surface area contributed by atoms with Gasteiger partial charge in [0.1, 0.15) is 0 Å². The van der Waals surface area contributed by atoms with Crippen molar-refractivity contribution < 1.29 is 9.53 Å². The third-order valence-corrected chi connectivity index (χ3v) is 3.43. The van der Waals surface area contributed by atoms with Crippen molar-refractivity contribution in [3.8, 4) is 0 Å². The monoisotopic (exact) mass is 241 g/mol. The molecule has 0 aromatic rings. The molecule has 0 aromatic heterocycles. The van der Waals surface area contributed by atoms with Gasteiger partial charge in [-0.25, -0.2) is 0 Å². The minimum Gasteiger partial charge on any atom is -0.380 e. The highest BCUT2D eigenvalue weighted by Crippen LogP contribution is 2.03. The molecule has 0 aliphatic carbocycles. The fourth-order valence-electron chi connectivity index (χ4n) is 2.34. The summed E-state index contributed by atoms with van der Waals surface area (Å²) in [5.74, 6) is 0.286. The van der Waals surface area contributed by atoms with Gasteiger partial charge < -0.3 is 19.9 Å². The second-order valence-corrected chi connectivity index (χ2v) is 4.69. The molecule has 0 radical (unpaired) electrons. The lowest BCUT2D eigenvalue weighted by Gasteiger charge is -2.28. The number of nitrogens with one attached hydrogen (secondary N) is 1. The summed E-state index contributed by atoms with van der Waals surface area (Å²) in [6.45, 7) is 8.24. The topological polar surface area (TPSA) is 44.8 Å². The zero-order chi connectivity index (χ0) is 11.9. The van der Waals surface area contributed by atoms with E-state index in [0.29, 0.717) is 13.0 Å². The maximum Gasteiger partial charge on any atom is 0.223 e. The summed E-state index contributed by atoms with van der Waals surface area (Å²) in [5, 5.41) is 3.32. The lowest BCUT2D eigenvalue weighted by Crippen LogP contribution is -2.45. The van der Waals surface area contributed by atoms with Crippen molar-refractivity contribution in [2.45, 2.75) is 12.8 Å². The van der Waals surface area contributed by atoms with Gasteiger partial charge in [0, 0.05) is 58.8 Å². The number of hydrogen-bond acceptors (Lipinski definition) is 4. The molecule has 0 aromatic carbocycles. The predicted octanol–water partition coefficient (Wildman–Crippen LogP) is -0.469. The third kappa shape index (κ3) is 4.26. The normalized spacial score (nSPS) is 23.4. The van der Waals surface area contributed by atoms with Crippen molar-refractivity contribution in [1.29, 1.82) is 0 Å². The summed E-state index contributed by atoms with van der Waals surface area (Å²) in [5.41, 5.74) is 0. The maximum atomic E-state index is 12.0. The molecule has 5 heteroatoms. The molecule has 2 saturated heterocycles. The summed E-state index contributed by atoms with van der Waals surface area (Å²) in [6, 6.07) is 0. The van der Waals surface area contributed by atoms with E-state index in [0.717, 1.165) is 58.8 Å². The van der Waals surface area contributed by atoms with Crippen LogP contribution in [0.5, 0.6) is 0 Å². The molecular weight excluding hydrogens is 218 g/mol. The van der Waals surface area contributed by atoms with E-state index in [4.69, 9.17) is 4.74 Å². The summed E-state index contributed by atoms with van der Waals surface area (Å²) >= 11 is 0. The molecule has 2 aliphatic rings. The largest absolute Gasteiger partial charge is 0.380 e. The Kier molecular flexibility index (Phi) is 5.22. The third-order valence-electron chi connectivity index (χ3n) is 3.43. The molecule has 2 rings (SSSR count). The average Bonchev–Trinajstić information content (AvgIpc) is 2.66. The van der Waals surface area contributed by atoms with Crippen LogP contribution in [-0.2, 0) is 9.53 Å². The van der Waals surface area contributed by atoms with Crippen molar-refractivity contribution in [3.05, 3.63) is 0 Å². The zero-order valence-corrected chi connectivity index (χ0v) is 10.5. The Balaban J connectivity index is 1.68. The smallest absolute Gasteiger partial charge is 0.223 e. The average molecular weight is 241 g/mol. The van der Waals surface area contributed by atoms with Crippen molar-refractivity contribution in [2.24, 2.45) is 0 Å². The minimum absolute atomic E-state index is 0.286. The molecule has 0 spiro atoms. The highest BCUT2D eigenvalue weighted by atomic mass is 16.5. The summed E-state index contributed by atoms with van der Waals surface area (Å²) < 4.78 is 5.36. The van der Waals surface area contributed by atoms with Crippen LogP contribution in [0.3, 0.4) is 0 Å². The number of nitrogens with zero attached hydrogens (tertiary/aromatic N) is 2. The Bertz CT molecular complexity index is 234. The predicted molar refractivity (Wildman–Crippen MR) is 65.9 cm³/mol. The van der Waals surface area contributed by atoms with Crippen LogP contribution in [0.2, 0.25) is 0 Å². The van der Waals surface area contributed by atoms with Crippen molar-refractivity contribution in [2.75, 3.05) is 59.0 Å². The van der Waals surface area contributed by atoms with Crippen LogP contribution in [0, 0.1) is 0 Å². The summed E-state index contributed by atoms with van der Waals surface area (Å²) in [7, 11) is 0. The second kappa shape index (κ2) is 6.93. The number of amides is 1. The molecule has 17 heavy (non-hydrogen) atoms. The molecule has 2 heterocycles. The first-order chi connectivity index (χ1) is 8.36. The van der Waals surface area contributed by atoms with Crippen molar-refractivity contribution >= 4 is 5.91 Å². The van der Waals surface area contributed by atoms with Gasteiger partial charge in [0.05, 0.1) is 6.61 Å². The summed E-state index contributed by atoms with van der Waals surface area (Å²) in [6.07, 6.45) is 1.62. The zero-order valence-electron chi connectivity index (χ0n) is 10.5. The number of piperazine rings is 1. The highest BCUT2D eigenvalue weighted by molar-refractivity contribution is 5.76. The van der Waals surface area contributed by atoms with Crippen LogP contribution >= 0.6 is 0 Å². The Morgan fingerprint density at radius 3 is 2.76 bits per heavy atom. The van der Waals surface area contributed by atoms with Gasteiger partial charge in [-0.3, -0.25) is 4.79 Å². The SMILES string of the molecule is O=C(CCN1CCNCC1)N1CCCOCC1. The van der Waals surface area contributed by atoms with Gasteiger partial charge in [0.15, 0.2) is 0 Å². The van der Waals surface area contributed by atoms with E-state index in [2.05, 4.69) is 10.2 Å². The lowest BCUT2D eigenvalue weighted by atomic mass is 10.3. The first-order valence-electron chi connectivity index (χ1n) is 6.65. The maximum absolute atomic E-state index is 12.0. The van der Waals surface area contributed by atoms with Crippen LogP contribution in [0.4, 0.5) is 0 Å². The Morgan fingerprint density at radius 1 is 1.12 bits per heavy atom. The molecule has 0 unspecified atom stereocenters. The second-order valence-electron chi connectivity index (χ2n) is 4.69. The van der Waals surface area contributed by atoms with Gasteiger partial charge in [0.25, 0.3) is 0 Å². The van der Waals surface area contributed by atoms with Gasteiger partial charge in [-0.2, -0.15) is 0 Å². The van der Waals surface area contributed by atoms with E-state index >= 15 is 0 Å². The quantitative estimate of drug-likeness (QED) is 0.725. The molecule has 2 fully saturated rings. The van der Waals surface area contributed by atoms with Crippen molar-refractivity contribution in [1.82, 2.24) is 15.1 Å². The van der Waals surface area contributed by atoms with Gasteiger partial charge >= 0.3 is 0 Å². The van der Waals surface area contributed by atoms with Crippen LogP contribution in [0.15, 0.2) is 0 Å². The van der Waals surface area contributed by atoms with Crippen molar-refractivity contribution in [3.63, 3.8) is 0 Å². The molecule has 0 atom stereocenters. The molecule has 0 saturated carbocycles. The Labute approximate surface area is 103 Å². The van der Waals surface area contributed by atoms with E-state index in [9.17, 15) is 4.79 Å². The van der Waals surface area contributed by atoms with Gasteiger partial charge in [0.2, 0.25) is 5.91 Å². The number of carbonyl (C=O) groups excluding carboxylic acids is 1. The van der Waals surface area contributed by atoms with Crippen LogP contribution in [0.25, 0.3) is 0 Å². The molecular formula is C12H23N3O2. The molecule has 2 aliphatic heterocycles. The summed E-state index contributed by atoms with van der Waals surface area (Å²) in [4.78, 5) is 16.3. The van der Waals surface area contributed by atoms with Gasteiger partial charge in [-0.1, -0.05) is 0 Å². The molecule has 98 valence electrons. The fraction of sp³-hybridized carbons (Fsp3) is 0.917. The van der Waals surface area contributed by atoms with Crippen LogP contribution in [0.1, 0.15) is 12.8 Å². The number of ether oxygens (including phenoxy) is 1. The van der Waals surface area contributed by atoms with Gasteiger partial charge in [-0.05, 0) is 6.42 Å². The van der Waals surface area contributed by atoms with Crippen LogP contribution in [-0.4, -0.2) is 74.7 Å². The first kappa shape index (κ1) is 12.8. The Hall–Kier alpha value is -0.650. The Morgan fingerprint density at radius 2 is 1.94 bits per heavy atom. The van der Waals surface area contributed by atoms with E-state index in [1.807, 2.05) is 4.90 Å².